The third-order valence-electron chi connectivity index (χ3n) is 4.13. The summed E-state index contributed by atoms with van der Waals surface area (Å²) in [5.74, 6) is -0.700. The molecule has 1 aromatic carbocycles. The van der Waals surface area contributed by atoms with Gasteiger partial charge in [0.2, 0.25) is 0 Å². The number of hydroxylamine groups is 1. The third kappa shape index (κ3) is 5.38. The molecule has 2 heterocycles. The van der Waals surface area contributed by atoms with Gasteiger partial charge in [-0.1, -0.05) is 12.1 Å². The smallest absolute Gasteiger partial charge is 0.267 e. The first-order chi connectivity index (χ1) is 14.0. The Morgan fingerprint density at radius 3 is 2.34 bits per heavy atom. The van der Waals surface area contributed by atoms with Crippen LogP contribution in [0.15, 0.2) is 78.2 Å². The van der Waals surface area contributed by atoms with Gasteiger partial charge in [-0.05, 0) is 53.1 Å². The minimum absolute atomic E-state index is 0.162. The summed E-state index contributed by atoms with van der Waals surface area (Å²) in [4.78, 5) is 15.2. The Labute approximate surface area is 168 Å². The lowest BCUT2D eigenvalue weighted by Gasteiger charge is -2.08. The van der Waals surface area contributed by atoms with Crippen LogP contribution in [-0.4, -0.2) is 28.5 Å². The fourth-order valence-corrected chi connectivity index (χ4v) is 3.81. The van der Waals surface area contributed by atoms with E-state index in [2.05, 4.69) is 10.3 Å². The largest absolute Gasteiger partial charge is 0.309 e. The van der Waals surface area contributed by atoms with Gasteiger partial charge >= 0.3 is 0 Å². The molecule has 29 heavy (non-hydrogen) atoms. The van der Waals surface area contributed by atoms with E-state index in [0.717, 1.165) is 21.2 Å². The van der Waals surface area contributed by atoms with Crippen LogP contribution in [0.25, 0.3) is 6.08 Å². The second-order valence-corrected chi connectivity index (χ2v) is 8.04. The lowest BCUT2D eigenvalue weighted by molar-refractivity contribution is -0.124. The maximum Gasteiger partial charge on any atom is 0.267 e. The van der Waals surface area contributed by atoms with Crippen molar-refractivity contribution in [3.05, 3.63) is 90.0 Å². The maximum atomic E-state index is 12.7. The molecule has 1 amide bonds. The highest BCUT2D eigenvalue weighted by molar-refractivity contribution is 7.90. The number of carbonyl (C=O) groups is 1. The number of pyridine rings is 1. The van der Waals surface area contributed by atoms with Gasteiger partial charge in [-0.15, -0.1) is 0 Å². The van der Waals surface area contributed by atoms with Gasteiger partial charge in [-0.3, -0.25) is 15.0 Å². The Balaban J connectivity index is 1.64. The predicted molar refractivity (Wildman–Crippen MR) is 107 cm³/mol. The zero-order valence-corrected chi connectivity index (χ0v) is 16.2. The average molecular weight is 412 g/mol. The monoisotopic (exact) mass is 412 g/mol. The molecule has 3 rings (SSSR count). The van der Waals surface area contributed by atoms with E-state index in [0.29, 0.717) is 18.7 Å². The molecule has 9 heteroatoms. The van der Waals surface area contributed by atoms with Crippen molar-refractivity contribution in [2.45, 2.75) is 18.0 Å². The van der Waals surface area contributed by atoms with Gasteiger partial charge in [0.05, 0.1) is 4.90 Å². The molecule has 0 unspecified atom stereocenters. The first-order valence-electron chi connectivity index (χ1n) is 8.73. The highest BCUT2D eigenvalue weighted by Gasteiger charge is 2.16. The summed E-state index contributed by atoms with van der Waals surface area (Å²) in [5, 5.41) is 11.8. The number of nitrogens with one attached hydrogen (secondary N) is 2. The number of benzene rings is 1. The van der Waals surface area contributed by atoms with Crippen LogP contribution in [0, 0.1) is 0 Å². The second-order valence-electron chi connectivity index (χ2n) is 6.19. The fraction of sp³-hybridized carbons (Fsp3) is 0.100. The van der Waals surface area contributed by atoms with Gasteiger partial charge in [0.1, 0.15) is 0 Å². The fourth-order valence-electron chi connectivity index (χ4n) is 2.60. The molecule has 0 aliphatic carbocycles. The van der Waals surface area contributed by atoms with Gasteiger partial charge in [-0.25, -0.2) is 17.9 Å². The number of carbonyl (C=O) groups excluding carboxylic acids is 1. The molecule has 2 aromatic heterocycles. The molecule has 3 N–H and O–H groups in total. The normalized spacial score (nSPS) is 11.6. The van der Waals surface area contributed by atoms with Crippen LogP contribution in [0.2, 0.25) is 0 Å². The van der Waals surface area contributed by atoms with Crippen LogP contribution in [0.1, 0.15) is 16.7 Å². The molecule has 0 radical (unpaired) electrons. The predicted octanol–water partition coefficient (Wildman–Crippen LogP) is 1.93. The van der Waals surface area contributed by atoms with Gasteiger partial charge < -0.3 is 5.32 Å². The van der Waals surface area contributed by atoms with Crippen LogP contribution in [0.4, 0.5) is 0 Å². The number of hydrogen-bond acceptors (Lipinski definition) is 6. The molecular weight excluding hydrogens is 392 g/mol. The van der Waals surface area contributed by atoms with Gasteiger partial charge in [0, 0.05) is 44.0 Å². The maximum absolute atomic E-state index is 12.7. The standard InChI is InChI=1S/C20H20N4O4S/c25-20(23-26)6-3-18-9-12-24(15-18)29(27,28)19-4-1-16(2-5-19)13-22-14-17-7-10-21-11-8-17/h1-12,15,22,26H,13-14H2,(H,23,25)/b6-3+. The minimum atomic E-state index is -3.74. The topological polar surface area (TPSA) is 113 Å². The second kappa shape index (κ2) is 9.28. The minimum Gasteiger partial charge on any atom is -0.309 e. The molecule has 0 saturated heterocycles. The zero-order chi connectivity index (χ0) is 20.7. The first-order valence-corrected chi connectivity index (χ1v) is 10.2. The summed E-state index contributed by atoms with van der Waals surface area (Å²) < 4.78 is 26.6. The van der Waals surface area contributed by atoms with E-state index < -0.39 is 15.9 Å². The Morgan fingerprint density at radius 2 is 1.69 bits per heavy atom. The van der Waals surface area contributed by atoms with Crippen molar-refractivity contribution < 1.29 is 18.4 Å². The summed E-state index contributed by atoms with van der Waals surface area (Å²) in [6.07, 6.45) is 8.76. The van der Waals surface area contributed by atoms with Crippen LogP contribution >= 0.6 is 0 Å². The summed E-state index contributed by atoms with van der Waals surface area (Å²) >= 11 is 0. The molecule has 0 fully saturated rings. The van der Waals surface area contributed by atoms with E-state index in [1.807, 2.05) is 12.1 Å². The van der Waals surface area contributed by atoms with Crippen molar-refractivity contribution in [1.82, 2.24) is 19.8 Å². The number of hydrogen-bond donors (Lipinski definition) is 3. The van der Waals surface area contributed by atoms with E-state index in [-0.39, 0.29) is 4.90 Å². The van der Waals surface area contributed by atoms with Gasteiger partial charge in [0.15, 0.2) is 0 Å². The van der Waals surface area contributed by atoms with E-state index in [1.165, 1.54) is 23.9 Å². The van der Waals surface area contributed by atoms with Crippen LogP contribution in [-0.2, 0) is 27.9 Å². The number of rotatable bonds is 8. The molecule has 150 valence electrons. The number of nitrogens with zero attached hydrogens (tertiary/aromatic N) is 2. The van der Waals surface area contributed by atoms with Gasteiger partial charge in [0.25, 0.3) is 15.9 Å². The van der Waals surface area contributed by atoms with Crippen molar-refractivity contribution in [2.75, 3.05) is 0 Å². The highest BCUT2D eigenvalue weighted by atomic mass is 32.2. The van der Waals surface area contributed by atoms with Crippen molar-refractivity contribution >= 4 is 22.0 Å². The molecule has 0 saturated carbocycles. The highest BCUT2D eigenvalue weighted by Crippen LogP contribution is 2.17. The number of aromatic nitrogens is 2. The Hall–Kier alpha value is -3.27. The SMILES string of the molecule is O=C(/C=C/c1ccn(S(=O)(=O)c2ccc(CNCc3ccncc3)cc2)c1)NO. The van der Waals surface area contributed by atoms with Crippen molar-refractivity contribution in [3.63, 3.8) is 0 Å². The number of amides is 1. The zero-order valence-electron chi connectivity index (χ0n) is 15.4. The third-order valence-corrected chi connectivity index (χ3v) is 5.78. The van der Waals surface area contributed by atoms with E-state index in [4.69, 9.17) is 5.21 Å². The molecule has 8 nitrogen and oxygen atoms in total. The lowest BCUT2D eigenvalue weighted by atomic mass is 10.2. The van der Waals surface area contributed by atoms with E-state index in [1.54, 1.807) is 42.7 Å². The van der Waals surface area contributed by atoms with Crippen LogP contribution in [0.3, 0.4) is 0 Å². The molecule has 0 bridgehead atoms. The lowest BCUT2D eigenvalue weighted by Crippen LogP contribution is -2.14. The van der Waals surface area contributed by atoms with Crippen molar-refractivity contribution in [3.8, 4) is 0 Å². The van der Waals surface area contributed by atoms with Gasteiger partial charge in [-0.2, -0.15) is 0 Å². The molecule has 0 spiro atoms. The molecular formula is C20H20N4O4S. The first kappa shape index (κ1) is 20.5. The molecule has 0 atom stereocenters. The quantitative estimate of drug-likeness (QED) is 0.296. The van der Waals surface area contributed by atoms with Crippen LogP contribution < -0.4 is 10.8 Å². The Morgan fingerprint density at radius 1 is 1.03 bits per heavy atom. The molecule has 0 aliphatic heterocycles. The summed E-state index contributed by atoms with van der Waals surface area (Å²) in [5.41, 5.74) is 4.06. The summed E-state index contributed by atoms with van der Waals surface area (Å²) in [6, 6.07) is 12.1. The van der Waals surface area contributed by atoms with E-state index in [9.17, 15) is 13.2 Å². The van der Waals surface area contributed by atoms with E-state index >= 15 is 0 Å². The summed E-state index contributed by atoms with van der Waals surface area (Å²) in [6.45, 7) is 1.30. The van der Waals surface area contributed by atoms with Crippen molar-refractivity contribution in [2.24, 2.45) is 0 Å². The summed E-state index contributed by atoms with van der Waals surface area (Å²) in [7, 11) is -3.74. The van der Waals surface area contributed by atoms with Crippen molar-refractivity contribution in [1.29, 1.82) is 0 Å². The Bertz CT molecular complexity index is 1090. The molecule has 3 aromatic rings. The average Bonchev–Trinajstić information content (AvgIpc) is 3.23. The Kier molecular flexibility index (Phi) is 6.55. The molecule has 0 aliphatic rings. The van der Waals surface area contributed by atoms with Crippen LogP contribution in [0.5, 0.6) is 0 Å².